The maximum Gasteiger partial charge on any atom is 0.209 e. The molecule has 0 amide bonds. The number of rotatable bonds is 6. The molecule has 0 radical (unpaired) electrons. The lowest BCUT2D eigenvalue weighted by Gasteiger charge is -2.29. The molecule has 0 aliphatic heterocycles. The van der Waals surface area contributed by atoms with Crippen LogP contribution in [0.2, 0.25) is 0 Å². The summed E-state index contributed by atoms with van der Waals surface area (Å²) in [7, 11) is 0. The van der Waals surface area contributed by atoms with Crippen molar-refractivity contribution in [3.05, 3.63) is 0 Å². The average Bonchev–Trinajstić information content (AvgIpc) is 1.82. The van der Waals surface area contributed by atoms with Crippen LogP contribution in [0.25, 0.3) is 0 Å². The molecule has 0 rings (SSSR count). The van der Waals surface area contributed by atoms with Gasteiger partial charge in [-0.15, -0.1) is 0 Å². The smallest absolute Gasteiger partial charge is 0.209 e. The molecule has 2 atom stereocenters. The van der Waals surface area contributed by atoms with Crippen LogP contribution >= 0.6 is 0 Å². The lowest BCUT2D eigenvalue weighted by Crippen LogP contribution is -2.34. The van der Waals surface area contributed by atoms with E-state index in [4.69, 9.17) is 4.74 Å². The monoisotopic (exact) mass is 194 g/mol. The van der Waals surface area contributed by atoms with Gasteiger partial charge in [0.25, 0.3) is 0 Å². The Morgan fingerprint density at radius 2 is 1.23 bits per heavy atom. The third-order valence-electron chi connectivity index (χ3n) is 1.82. The second-order valence-electron chi connectivity index (χ2n) is 3.81. The van der Waals surface area contributed by atoms with E-state index in [1.807, 2.05) is 13.8 Å². The van der Waals surface area contributed by atoms with Gasteiger partial charge in [-0.1, -0.05) is 26.7 Å². The summed E-state index contributed by atoms with van der Waals surface area (Å²) < 4.78 is 31.7. The highest BCUT2D eigenvalue weighted by Gasteiger charge is 2.34. The van der Waals surface area contributed by atoms with Crippen molar-refractivity contribution < 1.29 is 13.5 Å². The van der Waals surface area contributed by atoms with Crippen molar-refractivity contribution in [1.29, 1.82) is 0 Å². The summed E-state index contributed by atoms with van der Waals surface area (Å²) in [6.07, 6.45) is 1.76. The van der Waals surface area contributed by atoms with Gasteiger partial charge in [-0.25, -0.2) is 8.78 Å². The fourth-order valence-corrected chi connectivity index (χ4v) is 1.44. The normalized spacial score (nSPS) is 20.8. The van der Waals surface area contributed by atoms with Gasteiger partial charge in [0.15, 0.2) is 0 Å². The van der Waals surface area contributed by atoms with Crippen LogP contribution in [0.1, 0.15) is 53.4 Å². The van der Waals surface area contributed by atoms with Crippen molar-refractivity contribution in [2.24, 2.45) is 0 Å². The molecule has 0 aromatic carbocycles. The first kappa shape index (κ1) is 12.8. The molecule has 0 saturated carbocycles. The van der Waals surface area contributed by atoms with Crippen LogP contribution in [0.15, 0.2) is 0 Å². The van der Waals surface area contributed by atoms with E-state index < -0.39 is 11.7 Å². The van der Waals surface area contributed by atoms with Gasteiger partial charge in [0, 0.05) is 12.8 Å². The summed E-state index contributed by atoms with van der Waals surface area (Å²) in [6.45, 7) is 6.25. The molecule has 0 aromatic rings. The maximum absolute atomic E-state index is 13.4. The topological polar surface area (TPSA) is 9.23 Å². The van der Waals surface area contributed by atoms with Gasteiger partial charge in [0.1, 0.15) is 0 Å². The summed E-state index contributed by atoms with van der Waals surface area (Å²) >= 11 is 0. The predicted molar refractivity (Wildman–Crippen MR) is 49.9 cm³/mol. The summed E-state index contributed by atoms with van der Waals surface area (Å²) in [5.74, 6) is -3.68. The Hall–Kier alpha value is -0.180. The van der Waals surface area contributed by atoms with Crippen LogP contribution in [-0.4, -0.2) is 11.7 Å². The molecule has 0 bridgehead atoms. The number of hydrogen-bond donors (Lipinski definition) is 0. The van der Waals surface area contributed by atoms with Gasteiger partial charge in [-0.3, -0.25) is 0 Å². The number of hydrogen-bond acceptors (Lipinski definition) is 1. The Labute approximate surface area is 79.5 Å². The minimum atomic E-state index is -1.84. The summed E-state index contributed by atoms with van der Waals surface area (Å²) in [4.78, 5) is 0. The molecule has 0 fully saturated rings. The standard InChI is InChI=1S/C10H20F2O/c1-5-7-9(3,11)13-10(4,12)8-6-2/h5-8H2,1-4H3. The fraction of sp³-hybridized carbons (Fsp3) is 1.00. The zero-order valence-corrected chi connectivity index (χ0v) is 8.99. The van der Waals surface area contributed by atoms with Crippen LogP contribution < -0.4 is 0 Å². The Kier molecular flexibility index (Phi) is 4.82. The van der Waals surface area contributed by atoms with Crippen LogP contribution in [0.5, 0.6) is 0 Å². The van der Waals surface area contributed by atoms with E-state index in [2.05, 4.69) is 0 Å². The number of ether oxygens (including phenoxy) is 1. The Morgan fingerprint density at radius 1 is 0.923 bits per heavy atom. The molecular weight excluding hydrogens is 174 g/mol. The average molecular weight is 194 g/mol. The van der Waals surface area contributed by atoms with E-state index in [0.717, 1.165) is 0 Å². The first-order valence-electron chi connectivity index (χ1n) is 4.91. The molecule has 0 aliphatic carbocycles. The van der Waals surface area contributed by atoms with E-state index >= 15 is 0 Å². The minimum Gasteiger partial charge on any atom is -0.309 e. The summed E-state index contributed by atoms with van der Waals surface area (Å²) in [5, 5.41) is 0. The van der Waals surface area contributed by atoms with Crippen LogP contribution in [0.3, 0.4) is 0 Å². The van der Waals surface area contributed by atoms with E-state index in [9.17, 15) is 8.78 Å². The van der Waals surface area contributed by atoms with Crippen molar-refractivity contribution in [3.8, 4) is 0 Å². The van der Waals surface area contributed by atoms with Crippen molar-refractivity contribution >= 4 is 0 Å². The first-order valence-corrected chi connectivity index (χ1v) is 4.91. The van der Waals surface area contributed by atoms with Crippen molar-refractivity contribution in [3.63, 3.8) is 0 Å². The molecule has 2 unspecified atom stereocenters. The van der Waals surface area contributed by atoms with Gasteiger partial charge in [0.2, 0.25) is 11.7 Å². The Balaban J connectivity index is 4.07. The lowest BCUT2D eigenvalue weighted by atomic mass is 10.1. The van der Waals surface area contributed by atoms with Crippen LogP contribution in [0.4, 0.5) is 8.78 Å². The molecule has 0 heterocycles. The third-order valence-corrected chi connectivity index (χ3v) is 1.82. The van der Waals surface area contributed by atoms with Gasteiger partial charge in [0.05, 0.1) is 0 Å². The molecule has 1 nitrogen and oxygen atoms in total. The van der Waals surface area contributed by atoms with Crippen molar-refractivity contribution in [2.45, 2.75) is 65.1 Å². The van der Waals surface area contributed by atoms with Gasteiger partial charge < -0.3 is 4.74 Å². The molecule has 0 N–H and O–H groups in total. The second kappa shape index (κ2) is 4.89. The Bertz CT molecular complexity index is 128. The largest absolute Gasteiger partial charge is 0.309 e. The van der Waals surface area contributed by atoms with E-state index in [-0.39, 0.29) is 12.8 Å². The highest BCUT2D eigenvalue weighted by Crippen LogP contribution is 2.30. The predicted octanol–water partition coefficient (Wildman–Crippen LogP) is 3.97. The van der Waals surface area contributed by atoms with Gasteiger partial charge >= 0.3 is 0 Å². The number of alkyl halides is 2. The van der Waals surface area contributed by atoms with E-state index in [0.29, 0.717) is 12.8 Å². The lowest BCUT2D eigenvalue weighted by molar-refractivity contribution is -0.263. The fourth-order valence-electron chi connectivity index (χ4n) is 1.44. The number of halogens is 2. The van der Waals surface area contributed by atoms with Crippen LogP contribution in [0, 0.1) is 0 Å². The summed E-state index contributed by atoms with van der Waals surface area (Å²) in [6, 6.07) is 0. The molecule has 3 heteroatoms. The summed E-state index contributed by atoms with van der Waals surface area (Å²) in [5.41, 5.74) is 0. The van der Waals surface area contributed by atoms with Crippen molar-refractivity contribution in [1.82, 2.24) is 0 Å². The van der Waals surface area contributed by atoms with Crippen LogP contribution in [-0.2, 0) is 4.74 Å². The van der Waals surface area contributed by atoms with Gasteiger partial charge in [-0.2, -0.15) is 0 Å². The molecule has 0 saturated heterocycles. The molecule has 80 valence electrons. The molecule has 0 spiro atoms. The molecule has 13 heavy (non-hydrogen) atoms. The van der Waals surface area contributed by atoms with Crippen molar-refractivity contribution in [2.75, 3.05) is 0 Å². The zero-order valence-electron chi connectivity index (χ0n) is 8.99. The quantitative estimate of drug-likeness (QED) is 0.621. The zero-order chi connectivity index (χ0) is 10.5. The molecule has 0 aliphatic rings. The highest BCUT2D eigenvalue weighted by atomic mass is 19.2. The molecule has 0 aromatic heterocycles. The Morgan fingerprint density at radius 3 is 1.46 bits per heavy atom. The van der Waals surface area contributed by atoms with Gasteiger partial charge in [-0.05, 0) is 13.8 Å². The molecular formula is C10H20F2O. The first-order chi connectivity index (χ1) is 5.83. The van der Waals surface area contributed by atoms with E-state index in [1.165, 1.54) is 13.8 Å². The maximum atomic E-state index is 13.4. The third kappa shape index (κ3) is 5.97. The second-order valence-corrected chi connectivity index (χ2v) is 3.81. The SMILES string of the molecule is CCCC(C)(F)OC(C)(F)CCC. The highest BCUT2D eigenvalue weighted by molar-refractivity contribution is 4.67. The minimum absolute atomic E-state index is 0.232. The van der Waals surface area contributed by atoms with E-state index in [1.54, 1.807) is 0 Å².